The molecule has 1 aliphatic rings. The number of halogens is 1. The molecule has 0 N–H and O–H groups in total. The van der Waals surface area contributed by atoms with Crippen LogP contribution < -0.4 is 4.90 Å². The zero-order valence-electron chi connectivity index (χ0n) is 8.97. The molecule has 1 fully saturated rings. The van der Waals surface area contributed by atoms with E-state index in [9.17, 15) is 0 Å². The Balaban J connectivity index is 2.09. The number of hydrogen-bond donors (Lipinski definition) is 0. The number of rotatable bonds is 2. The third-order valence-electron chi connectivity index (χ3n) is 3.19. The summed E-state index contributed by atoms with van der Waals surface area (Å²) in [5.74, 6) is 1.51. The standard InChI is InChI=1S/C10H12ClN5/c1-15(7-3-2-4-7)9-5-8(11)14-10-12-6-13-16(9)10/h5-7H,2-4H2,1H3. The number of nitrogens with zero attached hydrogens (tertiary/aromatic N) is 5. The second-order valence-corrected chi connectivity index (χ2v) is 4.49. The van der Waals surface area contributed by atoms with Gasteiger partial charge in [0.25, 0.3) is 5.78 Å². The molecule has 3 rings (SSSR count). The monoisotopic (exact) mass is 237 g/mol. The number of anilines is 1. The molecule has 84 valence electrons. The molecule has 16 heavy (non-hydrogen) atoms. The summed E-state index contributed by atoms with van der Waals surface area (Å²) in [6.07, 6.45) is 5.25. The van der Waals surface area contributed by atoms with Crippen LogP contribution in [0.5, 0.6) is 0 Å². The van der Waals surface area contributed by atoms with Gasteiger partial charge in [-0.3, -0.25) is 0 Å². The predicted octanol–water partition coefficient (Wildman–Crippen LogP) is 1.77. The maximum atomic E-state index is 5.97. The Morgan fingerprint density at radius 3 is 3.00 bits per heavy atom. The van der Waals surface area contributed by atoms with Crippen LogP contribution in [-0.2, 0) is 0 Å². The summed E-state index contributed by atoms with van der Waals surface area (Å²) in [6.45, 7) is 0. The van der Waals surface area contributed by atoms with Crippen molar-refractivity contribution in [2.45, 2.75) is 25.3 Å². The fraction of sp³-hybridized carbons (Fsp3) is 0.500. The van der Waals surface area contributed by atoms with E-state index in [0.29, 0.717) is 17.0 Å². The quantitative estimate of drug-likeness (QED) is 0.747. The SMILES string of the molecule is CN(c1cc(Cl)nc2ncnn12)C1CCC1. The lowest BCUT2D eigenvalue weighted by molar-refractivity contribution is 0.397. The predicted molar refractivity (Wildman–Crippen MR) is 61.8 cm³/mol. The van der Waals surface area contributed by atoms with Crippen LogP contribution in [0.3, 0.4) is 0 Å². The third kappa shape index (κ3) is 1.43. The third-order valence-corrected chi connectivity index (χ3v) is 3.38. The summed E-state index contributed by atoms with van der Waals surface area (Å²) in [4.78, 5) is 10.4. The molecule has 1 aliphatic carbocycles. The molecule has 0 amide bonds. The van der Waals surface area contributed by atoms with E-state index in [1.807, 2.05) is 6.07 Å². The van der Waals surface area contributed by atoms with Gasteiger partial charge in [0, 0.05) is 19.2 Å². The van der Waals surface area contributed by atoms with Crippen LogP contribution in [0.2, 0.25) is 5.15 Å². The highest BCUT2D eigenvalue weighted by Gasteiger charge is 2.24. The van der Waals surface area contributed by atoms with Crippen LogP contribution in [0.15, 0.2) is 12.4 Å². The smallest absolute Gasteiger partial charge is 0.255 e. The van der Waals surface area contributed by atoms with Crippen molar-refractivity contribution in [3.05, 3.63) is 17.5 Å². The second kappa shape index (κ2) is 3.59. The maximum absolute atomic E-state index is 5.97. The first kappa shape index (κ1) is 9.84. The molecule has 2 heterocycles. The van der Waals surface area contributed by atoms with Crippen LogP contribution in [-0.4, -0.2) is 32.7 Å². The van der Waals surface area contributed by atoms with Crippen molar-refractivity contribution in [1.82, 2.24) is 19.6 Å². The summed E-state index contributed by atoms with van der Waals surface area (Å²) in [6, 6.07) is 2.42. The van der Waals surface area contributed by atoms with Gasteiger partial charge in [-0.2, -0.15) is 19.6 Å². The second-order valence-electron chi connectivity index (χ2n) is 4.10. The number of aromatic nitrogens is 4. The molecule has 0 spiro atoms. The average Bonchev–Trinajstić information content (AvgIpc) is 2.60. The van der Waals surface area contributed by atoms with Gasteiger partial charge in [-0.15, -0.1) is 0 Å². The van der Waals surface area contributed by atoms with Gasteiger partial charge in [0.15, 0.2) is 0 Å². The normalized spacial score (nSPS) is 16.4. The fourth-order valence-electron chi connectivity index (χ4n) is 1.98. The van der Waals surface area contributed by atoms with Crippen molar-refractivity contribution in [3.63, 3.8) is 0 Å². The molecule has 0 radical (unpaired) electrons. The van der Waals surface area contributed by atoms with Crippen LogP contribution >= 0.6 is 11.6 Å². The highest BCUT2D eigenvalue weighted by Crippen LogP contribution is 2.28. The summed E-state index contributed by atoms with van der Waals surface area (Å²) < 4.78 is 1.73. The summed E-state index contributed by atoms with van der Waals surface area (Å²) in [5, 5.41) is 4.62. The van der Waals surface area contributed by atoms with Crippen LogP contribution in [0, 0.1) is 0 Å². The van der Waals surface area contributed by atoms with Gasteiger partial charge in [-0.25, -0.2) is 0 Å². The molecule has 6 heteroatoms. The molecule has 0 bridgehead atoms. The minimum Gasteiger partial charge on any atom is -0.356 e. The Morgan fingerprint density at radius 2 is 2.31 bits per heavy atom. The lowest BCUT2D eigenvalue weighted by Gasteiger charge is -2.36. The van der Waals surface area contributed by atoms with Gasteiger partial charge < -0.3 is 4.90 Å². The number of hydrogen-bond acceptors (Lipinski definition) is 4. The Labute approximate surface area is 98.1 Å². The first-order chi connectivity index (χ1) is 7.75. The molecule has 0 aromatic carbocycles. The molecule has 0 unspecified atom stereocenters. The zero-order chi connectivity index (χ0) is 11.1. The molecular weight excluding hydrogens is 226 g/mol. The van der Waals surface area contributed by atoms with Crippen molar-refractivity contribution in [2.75, 3.05) is 11.9 Å². The zero-order valence-corrected chi connectivity index (χ0v) is 9.72. The highest BCUT2D eigenvalue weighted by atomic mass is 35.5. The topological polar surface area (TPSA) is 46.3 Å². The minimum absolute atomic E-state index is 0.460. The molecule has 5 nitrogen and oxygen atoms in total. The van der Waals surface area contributed by atoms with Gasteiger partial charge in [-0.1, -0.05) is 11.6 Å². The largest absolute Gasteiger partial charge is 0.356 e. The molecule has 0 aliphatic heterocycles. The Morgan fingerprint density at radius 1 is 1.50 bits per heavy atom. The molecule has 2 aromatic heterocycles. The van der Waals surface area contributed by atoms with Crippen molar-refractivity contribution < 1.29 is 0 Å². The molecule has 0 saturated heterocycles. The summed E-state index contributed by atoms with van der Waals surface area (Å²) in [7, 11) is 2.07. The van der Waals surface area contributed by atoms with Gasteiger partial charge >= 0.3 is 0 Å². The van der Waals surface area contributed by atoms with Gasteiger partial charge in [0.2, 0.25) is 0 Å². The fourth-order valence-corrected chi connectivity index (χ4v) is 2.15. The van der Waals surface area contributed by atoms with E-state index in [0.717, 1.165) is 5.82 Å². The van der Waals surface area contributed by atoms with Gasteiger partial charge in [0.1, 0.15) is 17.3 Å². The van der Waals surface area contributed by atoms with Crippen LogP contribution in [0.25, 0.3) is 5.78 Å². The molecule has 0 atom stereocenters. The Bertz CT molecular complexity index is 519. The summed E-state index contributed by atoms with van der Waals surface area (Å²) >= 11 is 5.97. The lowest BCUT2D eigenvalue weighted by atomic mass is 9.92. The van der Waals surface area contributed by atoms with Crippen LogP contribution in [0.1, 0.15) is 19.3 Å². The highest BCUT2D eigenvalue weighted by molar-refractivity contribution is 6.29. The van der Waals surface area contributed by atoms with E-state index in [4.69, 9.17) is 11.6 Å². The van der Waals surface area contributed by atoms with Gasteiger partial charge in [-0.05, 0) is 19.3 Å². The first-order valence-corrected chi connectivity index (χ1v) is 5.72. The van der Waals surface area contributed by atoms with E-state index in [1.165, 1.54) is 25.6 Å². The van der Waals surface area contributed by atoms with E-state index in [1.54, 1.807) is 4.52 Å². The van der Waals surface area contributed by atoms with E-state index >= 15 is 0 Å². The first-order valence-electron chi connectivity index (χ1n) is 5.35. The van der Waals surface area contributed by atoms with Crippen molar-refractivity contribution >= 4 is 23.2 Å². The molecule has 1 saturated carbocycles. The minimum atomic E-state index is 0.460. The van der Waals surface area contributed by atoms with Crippen molar-refractivity contribution in [1.29, 1.82) is 0 Å². The number of fused-ring (bicyclic) bond motifs is 1. The Hall–Kier alpha value is -1.36. The average molecular weight is 238 g/mol. The molecular formula is C10H12ClN5. The van der Waals surface area contributed by atoms with Crippen LogP contribution in [0.4, 0.5) is 5.82 Å². The maximum Gasteiger partial charge on any atom is 0.255 e. The molecule has 2 aromatic rings. The summed E-state index contributed by atoms with van der Waals surface area (Å²) in [5.41, 5.74) is 0. The van der Waals surface area contributed by atoms with E-state index < -0.39 is 0 Å². The van der Waals surface area contributed by atoms with Gasteiger partial charge in [0.05, 0.1) is 0 Å². The lowest BCUT2D eigenvalue weighted by Crippen LogP contribution is -2.38. The van der Waals surface area contributed by atoms with Crippen molar-refractivity contribution in [2.24, 2.45) is 0 Å². The van der Waals surface area contributed by atoms with E-state index in [-0.39, 0.29) is 0 Å². The van der Waals surface area contributed by atoms with E-state index in [2.05, 4.69) is 27.0 Å². The van der Waals surface area contributed by atoms with Crippen molar-refractivity contribution in [3.8, 4) is 0 Å². The Kier molecular flexibility index (Phi) is 2.21.